The Morgan fingerprint density at radius 1 is 0.905 bits per heavy atom. The van der Waals surface area contributed by atoms with Crippen molar-refractivity contribution in [2.45, 2.75) is 51.5 Å². The van der Waals surface area contributed by atoms with Gasteiger partial charge in [0, 0.05) is 20.8 Å². The maximum Gasteiger partial charge on any atom is 0.303 e. The molecule has 0 aromatic heterocycles. The lowest BCUT2D eigenvalue weighted by Gasteiger charge is -2.42. The van der Waals surface area contributed by atoms with Crippen molar-refractivity contribution in [2.75, 3.05) is 6.61 Å². The molecule has 0 saturated carbocycles. The molecule has 3 unspecified atom stereocenters. The summed E-state index contributed by atoms with van der Waals surface area (Å²) in [6.07, 6.45) is -6.65. The molecule has 5 atom stereocenters. The largest absolute Gasteiger partial charge is 0.456 e. The lowest BCUT2D eigenvalue weighted by molar-refractivity contribution is -0.295. The first-order valence-corrected chi connectivity index (χ1v) is 6.22. The van der Waals surface area contributed by atoms with Gasteiger partial charge in [0.05, 0.1) is 6.61 Å². The second kappa shape index (κ2) is 7.34. The van der Waals surface area contributed by atoms with Crippen LogP contribution in [0.3, 0.4) is 0 Å². The van der Waals surface area contributed by atoms with Gasteiger partial charge >= 0.3 is 17.9 Å². The Bertz CT molecular complexity index is 408. The summed E-state index contributed by atoms with van der Waals surface area (Å²) in [6, 6.07) is 0. The van der Waals surface area contributed by atoms with Gasteiger partial charge in [-0.1, -0.05) is 0 Å². The molecule has 0 aromatic rings. The number of esters is 3. The first-order chi connectivity index (χ1) is 9.76. The third-order valence-electron chi connectivity index (χ3n) is 2.70. The zero-order chi connectivity index (χ0) is 16.2. The van der Waals surface area contributed by atoms with E-state index < -0.39 is 55.2 Å². The molecule has 1 aliphatic heterocycles. The van der Waals surface area contributed by atoms with Crippen LogP contribution < -0.4 is 0 Å². The highest BCUT2D eigenvalue weighted by atomic mass is 16.7. The average molecular weight is 306 g/mol. The standard InChI is InChI=1S/C12H18O9/c1-5(14)18-9-8(4-13)21-12(17)11(20-7(3)16)10(9)19-6(2)15/h8-13,17H,4H2,1-3H3/t8?,9-,10?,11-,12?/m1/s1. The molecule has 120 valence electrons. The van der Waals surface area contributed by atoms with Gasteiger partial charge in [0.1, 0.15) is 6.10 Å². The molecule has 1 fully saturated rings. The van der Waals surface area contributed by atoms with Crippen molar-refractivity contribution in [2.24, 2.45) is 0 Å². The van der Waals surface area contributed by atoms with Crippen LogP contribution in [-0.4, -0.2) is 65.4 Å². The third-order valence-corrected chi connectivity index (χ3v) is 2.70. The minimum Gasteiger partial charge on any atom is -0.456 e. The summed E-state index contributed by atoms with van der Waals surface area (Å²) in [7, 11) is 0. The van der Waals surface area contributed by atoms with Gasteiger partial charge in [0.25, 0.3) is 0 Å². The Labute approximate surface area is 120 Å². The molecule has 21 heavy (non-hydrogen) atoms. The first kappa shape index (κ1) is 17.3. The Kier molecular flexibility index (Phi) is 6.06. The van der Waals surface area contributed by atoms with E-state index in [-0.39, 0.29) is 0 Å². The predicted octanol–water partition coefficient (Wildman–Crippen LogP) is -1.51. The monoisotopic (exact) mass is 306 g/mol. The van der Waals surface area contributed by atoms with Crippen molar-refractivity contribution in [3.63, 3.8) is 0 Å². The number of hydrogen-bond acceptors (Lipinski definition) is 9. The van der Waals surface area contributed by atoms with Crippen molar-refractivity contribution in [3.05, 3.63) is 0 Å². The summed E-state index contributed by atoms with van der Waals surface area (Å²) in [6.45, 7) is 2.71. The number of rotatable bonds is 4. The molecular formula is C12H18O9. The Morgan fingerprint density at radius 2 is 1.33 bits per heavy atom. The molecule has 0 amide bonds. The van der Waals surface area contributed by atoms with E-state index in [9.17, 15) is 24.6 Å². The molecule has 0 aromatic carbocycles. The van der Waals surface area contributed by atoms with E-state index in [4.69, 9.17) is 18.9 Å². The highest BCUT2D eigenvalue weighted by Crippen LogP contribution is 2.27. The van der Waals surface area contributed by atoms with E-state index in [1.165, 1.54) is 0 Å². The topological polar surface area (TPSA) is 129 Å². The van der Waals surface area contributed by atoms with E-state index in [0.29, 0.717) is 0 Å². The Balaban J connectivity index is 3.08. The van der Waals surface area contributed by atoms with Gasteiger partial charge in [-0.2, -0.15) is 0 Å². The molecule has 0 bridgehead atoms. The van der Waals surface area contributed by atoms with E-state index in [1.54, 1.807) is 0 Å². The fourth-order valence-corrected chi connectivity index (χ4v) is 2.02. The van der Waals surface area contributed by atoms with Crippen LogP contribution in [-0.2, 0) is 33.3 Å². The van der Waals surface area contributed by atoms with Crippen molar-refractivity contribution >= 4 is 17.9 Å². The predicted molar refractivity (Wildman–Crippen MR) is 64.6 cm³/mol. The molecule has 9 heteroatoms. The number of carbonyl (C=O) groups is 3. The lowest BCUT2D eigenvalue weighted by atomic mass is 9.98. The van der Waals surface area contributed by atoms with Gasteiger partial charge in [0.15, 0.2) is 24.6 Å². The number of ether oxygens (including phenoxy) is 4. The zero-order valence-corrected chi connectivity index (χ0v) is 11.8. The normalized spacial score (nSPS) is 32.1. The lowest BCUT2D eigenvalue weighted by Crippen LogP contribution is -2.62. The van der Waals surface area contributed by atoms with E-state index in [2.05, 4.69) is 0 Å². The van der Waals surface area contributed by atoms with Gasteiger partial charge < -0.3 is 29.2 Å². The number of aliphatic hydroxyl groups excluding tert-OH is 2. The van der Waals surface area contributed by atoms with Crippen LogP contribution in [0.2, 0.25) is 0 Å². The maximum absolute atomic E-state index is 11.2. The summed E-state index contributed by atoms with van der Waals surface area (Å²) < 4.78 is 19.8. The summed E-state index contributed by atoms with van der Waals surface area (Å²) >= 11 is 0. The van der Waals surface area contributed by atoms with Crippen molar-refractivity contribution < 1.29 is 43.5 Å². The van der Waals surface area contributed by atoms with E-state index in [1.807, 2.05) is 0 Å². The van der Waals surface area contributed by atoms with Crippen molar-refractivity contribution in [1.29, 1.82) is 0 Å². The fraction of sp³-hybridized carbons (Fsp3) is 0.750. The van der Waals surface area contributed by atoms with Gasteiger partial charge in [-0.3, -0.25) is 14.4 Å². The van der Waals surface area contributed by atoms with Gasteiger partial charge in [-0.25, -0.2) is 0 Å². The molecule has 9 nitrogen and oxygen atoms in total. The van der Waals surface area contributed by atoms with Gasteiger partial charge in [-0.05, 0) is 0 Å². The first-order valence-electron chi connectivity index (χ1n) is 6.22. The molecule has 0 spiro atoms. The molecule has 0 aliphatic carbocycles. The van der Waals surface area contributed by atoms with Crippen molar-refractivity contribution in [3.8, 4) is 0 Å². The van der Waals surface area contributed by atoms with Crippen LogP contribution in [0.25, 0.3) is 0 Å². The zero-order valence-electron chi connectivity index (χ0n) is 11.8. The van der Waals surface area contributed by atoms with Crippen LogP contribution in [0, 0.1) is 0 Å². The number of carbonyl (C=O) groups excluding carboxylic acids is 3. The Morgan fingerprint density at radius 3 is 1.76 bits per heavy atom. The quantitative estimate of drug-likeness (QED) is 0.470. The third kappa shape index (κ3) is 4.66. The minimum atomic E-state index is -1.64. The number of hydrogen-bond donors (Lipinski definition) is 2. The molecule has 2 N–H and O–H groups in total. The smallest absolute Gasteiger partial charge is 0.303 e. The maximum atomic E-state index is 11.2. The molecule has 1 heterocycles. The Hall–Kier alpha value is -1.71. The molecule has 1 aliphatic rings. The molecule has 1 saturated heterocycles. The second-order valence-corrected chi connectivity index (χ2v) is 4.47. The second-order valence-electron chi connectivity index (χ2n) is 4.47. The van der Waals surface area contributed by atoms with Crippen LogP contribution in [0.15, 0.2) is 0 Å². The van der Waals surface area contributed by atoms with Crippen molar-refractivity contribution in [1.82, 2.24) is 0 Å². The van der Waals surface area contributed by atoms with Crippen LogP contribution in [0.4, 0.5) is 0 Å². The van der Waals surface area contributed by atoms with Crippen LogP contribution in [0.5, 0.6) is 0 Å². The summed E-state index contributed by atoms with van der Waals surface area (Å²) in [4.78, 5) is 33.4. The molecular weight excluding hydrogens is 288 g/mol. The fourth-order valence-electron chi connectivity index (χ4n) is 2.02. The highest BCUT2D eigenvalue weighted by molar-refractivity contribution is 5.68. The van der Waals surface area contributed by atoms with Crippen LogP contribution in [0.1, 0.15) is 20.8 Å². The van der Waals surface area contributed by atoms with Crippen LogP contribution >= 0.6 is 0 Å². The van der Waals surface area contributed by atoms with E-state index in [0.717, 1.165) is 20.8 Å². The summed E-state index contributed by atoms with van der Waals surface area (Å²) in [5.41, 5.74) is 0. The summed E-state index contributed by atoms with van der Waals surface area (Å²) in [5, 5.41) is 19.0. The SMILES string of the molecule is CC(=O)OC1[C@H](OC(C)=O)C(CO)OC(O)[C@@H]1OC(C)=O. The summed E-state index contributed by atoms with van der Waals surface area (Å²) in [5.74, 6) is -2.19. The molecule has 1 rings (SSSR count). The average Bonchev–Trinajstić information content (AvgIpc) is 2.35. The van der Waals surface area contributed by atoms with Gasteiger partial charge in [-0.15, -0.1) is 0 Å². The van der Waals surface area contributed by atoms with E-state index >= 15 is 0 Å². The minimum absolute atomic E-state index is 0.598. The van der Waals surface area contributed by atoms with Gasteiger partial charge in [0.2, 0.25) is 0 Å². The highest BCUT2D eigenvalue weighted by Gasteiger charge is 2.51. The number of aliphatic hydroxyl groups is 2. The molecule has 0 radical (unpaired) electrons.